The number of rotatable bonds is 6. The Balaban J connectivity index is 1.76. The molecule has 32 heavy (non-hydrogen) atoms. The van der Waals surface area contributed by atoms with Gasteiger partial charge in [-0.2, -0.15) is 13.2 Å². The van der Waals surface area contributed by atoms with Crippen molar-refractivity contribution in [1.82, 2.24) is 0 Å². The van der Waals surface area contributed by atoms with Gasteiger partial charge in [0.1, 0.15) is 0 Å². The van der Waals surface area contributed by atoms with E-state index in [1.807, 2.05) is 13.0 Å². The van der Waals surface area contributed by atoms with Crippen LogP contribution in [0.4, 0.5) is 24.5 Å². The van der Waals surface area contributed by atoms with Crippen LogP contribution in [0.3, 0.4) is 0 Å². The lowest BCUT2D eigenvalue weighted by molar-refractivity contribution is -0.137. The van der Waals surface area contributed by atoms with E-state index < -0.39 is 27.7 Å². The second kappa shape index (κ2) is 9.04. The van der Waals surface area contributed by atoms with Gasteiger partial charge in [0.25, 0.3) is 5.91 Å². The number of hydrogen-bond acceptors (Lipinski definition) is 3. The van der Waals surface area contributed by atoms with Gasteiger partial charge < -0.3 is 5.32 Å². The molecule has 0 bridgehead atoms. The third-order valence-electron chi connectivity index (χ3n) is 4.68. The molecule has 1 N–H and O–H groups in total. The summed E-state index contributed by atoms with van der Waals surface area (Å²) in [4.78, 5) is 12.4. The number of sulfonamides is 1. The van der Waals surface area contributed by atoms with Crippen LogP contribution in [-0.2, 0) is 22.7 Å². The Bertz CT molecular complexity index is 1220. The van der Waals surface area contributed by atoms with Crippen molar-refractivity contribution in [3.8, 4) is 0 Å². The molecule has 0 saturated carbocycles. The summed E-state index contributed by atoms with van der Waals surface area (Å²) < 4.78 is 64.4. The lowest BCUT2D eigenvalue weighted by Gasteiger charge is -2.23. The van der Waals surface area contributed by atoms with Crippen molar-refractivity contribution >= 4 is 27.3 Å². The second-order valence-corrected chi connectivity index (χ2v) is 9.25. The molecular formula is C23H21F3N2O3S. The number of aryl methyl sites for hydroxylation is 1. The molecule has 0 aliphatic heterocycles. The number of hydrogen-bond donors (Lipinski definition) is 1. The molecule has 1 amide bonds. The number of alkyl halides is 3. The summed E-state index contributed by atoms with van der Waals surface area (Å²) >= 11 is 0. The summed E-state index contributed by atoms with van der Waals surface area (Å²) in [7, 11) is -3.55. The number of nitrogens with zero attached hydrogens (tertiary/aromatic N) is 1. The average molecular weight is 462 g/mol. The monoisotopic (exact) mass is 462 g/mol. The number of anilines is 2. The predicted molar refractivity (Wildman–Crippen MR) is 118 cm³/mol. The Labute approximate surface area is 184 Å². The van der Waals surface area contributed by atoms with E-state index >= 15 is 0 Å². The molecule has 9 heteroatoms. The molecule has 0 unspecified atom stereocenters. The van der Waals surface area contributed by atoms with E-state index in [9.17, 15) is 26.4 Å². The van der Waals surface area contributed by atoms with Crippen molar-refractivity contribution in [3.05, 3.63) is 95.1 Å². The van der Waals surface area contributed by atoms with Crippen LogP contribution in [0.5, 0.6) is 0 Å². The molecule has 168 valence electrons. The molecule has 3 aromatic rings. The Kier molecular flexibility index (Phi) is 6.59. The van der Waals surface area contributed by atoms with Crippen LogP contribution in [-0.4, -0.2) is 20.6 Å². The molecule has 0 aromatic heterocycles. The number of halogens is 3. The molecular weight excluding hydrogens is 441 g/mol. The third-order valence-corrected chi connectivity index (χ3v) is 5.82. The van der Waals surface area contributed by atoms with Gasteiger partial charge in [0.05, 0.1) is 24.1 Å². The predicted octanol–water partition coefficient (Wildman–Crippen LogP) is 5.23. The first kappa shape index (κ1) is 23.3. The molecule has 0 radical (unpaired) electrons. The average Bonchev–Trinajstić information content (AvgIpc) is 2.71. The van der Waals surface area contributed by atoms with E-state index in [2.05, 4.69) is 5.32 Å². The molecule has 0 aliphatic carbocycles. The minimum absolute atomic E-state index is 0.0246. The molecule has 0 heterocycles. The van der Waals surface area contributed by atoms with Gasteiger partial charge in [-0.15, -0.1) is 0 Å². The van der Waals surface area contributed by atoms with Crippen LogP contribution < -0.4 is 9.62 Å². The minimum atomic E-state index is -4.51. The van der Waals surface area contributed by atoms with E-state index in [1.54, 1.807) is 30.3 Å². The molecule has 5 nitrogen and oxygen atoms in total. The topological polar surface area (TPSA) is 66.5 Å². The Hall–Kier alpha value is -3.33. The summed E-state index contributed by atoms with van der Waals surface area (Å²) in [6.07, 6.45) is -3.39. The van der Waals surface area contributed by atoms with Crippen molar-refractivity contribution in [2.75, 3.05) is 15.9 Å². The molecule has 3 rings (SSSR count). The number of benzene rings is 3. The zero-order chi connectivity index (χ0) is 23.5. The van der Waals surface area contributed by atoms with Gasteiger partial charge >= 0.3 is 6.18 Å². The van der Waals surface area contributed by atoms with Gasteiger partial charge in [0.15, 0.2) is 0 Å². The summed E-state index contributed by atoms with van der Waals surface area (Å²) in [6, 6.07) is 17.7. The summed E-state index contributed by atoms with van der Waals surface area (Å²) in [6.45, 7) is 1.93. The number of carbonyl (C=O) groups excluding carboxylic acids is 1. The molecule has 0 fully saturated rings. The lowest BCUT2D eigenvalue weighted by atomic mass is 10.1. The highest BCUT2D eigenvalue weighted by Gasteiger charge is 2.30. The van der Waals surface area contributed by atoms with E-state index in [0.29, 0.717) is 11.3 Å². The quantitative estimate of drug-likeness (QED) is 0.545. The largest absolute Gasteiger partial charge is 0.416 e. The van der Waals surface area contributed by atoms with Crippen LogP contribution in [0.15, 0.2) is 72.8 Å². The van der Waals surface area contributed by atoms with Gasteiger partial charge in [-0.05, 0) is 60.5 Å². The fraction of sp³-hybridized carbons (Fsp3) is 0.174. The van der Waals surface area contributed by atoms with E-state index in [0.717, 1.165) is 24.0 Å². The minimum Gasteiger partial charge on any atom is -0.322 e. The summed E-state index contributed by atoms with van der Waals surface area (Å²) in [5.74, 6) is -0.575. The fourth-order valence-corrected chi connectivity index (χ4v) is 3.97. The first-order valence-electron chi connectivity index (χ1n) is 9.55. The number of nitrogens with one attached hydrogen (secondary N) is 1. The SMILES string of the molecule is Cc1cccc(N(Cc2ccc(C(=O)Nc3cccc(C(F)(F)F)c3)cc2)S(C)(=O)=O)c1. The first-order chi connectivity index (χ1) is 14.9. The van der Waals surface area contributed by atoms with Gasteiger partial charge in [0.2, 0.25) is 10.0 Å². The van der Waals surface area contributed by atoms with Crippen molar-refractivity contribution in [3.63, 3.8) is 0 Å². The standard InChI is InChI=1S/C23H21F3N2O3S/c1-16-5-3-8-21(13-16)28(32(2,30)31)15-17-9-11-18(12-10-17)22(29)27-20-7-4-6-19(14-20)23(24,25)26/h3-14H,15H2,1-2H3,(H,27,29). The molecule has 0 saturated heterocycles. The van der Waals surface area contributed by atoms with Crippen LogP contribution in [0, 0.1) is 6.92 Å². The zero-order valence-corrected chi connectivity index (χ0v) is 18.2. The molecule has 0 spiro atoms. The lowest BCUT2D eigenvalue weighted by Crippen LogP contribution is -2.29. The maximum absolute atomic E-state index is 12.8. The maximum atomic E-state index is 12.8. The normalized spacial score (nSPS) is 11.8. The maximum Gasteiger partial charge on any atom is 0.416 e. The van der Waals surface area contributed by atoms with Crippen molar-refractivity contribution in [1.29, 1.82) is 0 Å². The molecule has 0 atom stereocenters. The van der Waals surface area contributed by atoms with Gasteiger partial charge in [-0.3, -0.25) is 9.10 Å². The Morgan fingerprint density at radius 1 is 0.969 bits per heavy atom. The Morgan fingerprint density at radius 2 is 1.62 bits per heavy atom. The van der Waals surface area contributed by atoms with Crippen LogP contribution in [0.25, 0.3) is 0 Å². The van der Waals surface area contributed by atoms with Crippen molar-refractivity contribution < 1.29 is 26.4 Å². The number of amides is 1. The second-order valence-electron chi connectivity index (χ2n) is 7.34. The highest BCUT2D eigenvalue weighted by molar-refractivity contribution is 7.92. The van der Waals surface area contributed by atoms with E-state index in [1.165, 1.54) is 28.6 Å². The first-order valence-corrected chi connectivity index (χ1v) is 11.4. The highest BCUT2D eigenvalue weighted by atomic mass is 32.2. The number of carbonyl (C=O) groups is 1. The summed E-state index contributed by atoms with van der Waals surface area (Å²) in [5, 5.41) is 2.44. The van der Waals surface area contributed by atoms with Crippen molar-refractivity contribution in [2.24, 2.45) is 0 Å². The van der Waals surface area contributed by atoms with Crippen LogP contribution in [0.2, 0.25) is 0 Å². The summed E-state index contributed by atoms with van der Waals surface area (Å²) in [5.41, 5.74) is 1.48. The molecule has 0 aliphatic rings. The third kappa shape index (κ3) is 5.88. The van der Waals surface area contributed by atoms with Crippen LogP contribution >= 0.6 is 0 Å². The fourth-order valence-electron chi connectivity index (χ4n) is 3.09. The Morgan fingerprint density at radius 3 is 2.22 bits per heavy atom. The van der Waals surface area contributed by atoms with Gasteiger partial charge in [-0.25, -0.2) is 8.42 Å². The van der Waals surface area contributed by atoms with E-state index in [4.69, 9.17) is 0 Å². The van der Waals surface area contributed by atoms with Crippen molar-refractivity contribution in [2.45, 2.75) is 19.6 Å². The highest BCUT2D eigenvalue weighted by Crippen LogP contribution is 2.30. The molecule has 3 aromatic carbocycles. The van der Waals surface area contributed by atoms with Gasteiger partial charge in [-0.1, -0.05) is 30.3 Å². The van der Waals surface area contributed by atoms with E-state index in [-0.39, 0.29) is 17.8 Å². The smallest absolute Gasteiger partial charge is 0.322 e. The van der Waals surface area contributed by atoms with Crippen LogP contribution in [0.1, 0.15) is 27.0 Å². The van der Waals surface area contributed by atoms with Gasteiger partial charge in [0, 0.05) is 11.3 Å². The zero-order valence-electron chi connectivity index (χ0n) is 17.3.